The number of hydrogen-bond acceptors (Lipinski definition) is 5. The van der Waals surface area contributed by atoms with Crippen LogP contribution in [-0.2, 0) is 17.8 Å². The van der Waals surface area contributed by atoms with Crippen molar-refractivity contribution >= 4 is 46.1 Å². The van der Waals surface area contributed by atoms with Crippen LogP contribution in [0.2, 0.25) is 0 Å². The number of anilines is 1. The van der Waals surface area contributed by atoms with Crippen LogP contribution in [0.4, 0.5) is 10.6 Å². The molecule has 34 heavy (non-hydrogen) atoms. The van der Waals surface area contributed by atoms with Gasteiger partial charge in [-0.3, -0.25) is 4.79 Å². The fourth-order valence-electron chi connectivity index (χ4n) is 4.30. The molecule has 8 nitrogen and oxygen atoms in total. The van der Waals surface area contributed by atoms with Crippen LogP contribution in [0.1, 0.15) is 29.0 Å². The van der Waals surface area contributed by atoms with E-state index in [0.29, 0.717) is 36.7 Å². The van der Waals surface area contributed by atoms with E-state index in [1.54, 1.807) is 12.3 Å². The van der Waals surface area contributed by atoms with Gasteiger partial charge < -0.3 is 20.1 Å². The van der Waals surface area contributed by atoms with Crippen molar-refractivity contribution in [1.29, 1.82) is 0 Å². The molecule has 2 N–H and O–H groups in total. The van der Waals surface area contributed by atoms with Gasteiger partial charge in [-0.05, 0) is 71.0 Å². The highest BCUT2D eigenvalue weighted by atomic mass is 127. The third-order valence-corrected chi connectivity index (χ3v) is 6.78. The number of amides is 3. The van der Waals surface area contributed by atoms with E-state index in [2.05, 4.69) is 43.2 Å². The largest absolute Gasteiger partial charge is 0.483 e. The zero-order valence-corrected chi connectivity index (χ0v) is 20.0. The van der Waals surface area contributed by atoms with E-state index in [1.165, 1.54) is 0 Å². The number of aromatic nitrogens is 1. The Hall–Kier alpha value is -3.47. The van der Waals surface area contributed by atoms with Gasteiger partial charge in [0.2, 0.25) is 5.91 Å². The summed E-state index contributed by atoms with van der Waals surface area (Å²) in [6.45, 7) is 0.425. The van der Waals surface area contributed by atoms with Crippen LogP contribution in [0.5, 0.6) is 17.2 Å². The third kappa shape index (κ3) is 4.00. The molecule has 1 aliphatic carbocycles. The van der Waals surface area contributed by atoms with Gasteiger partial charge in [-0.25, -0.2) is 9.78 Å². The zero-order chi connectivity index (χ0) is 23.2. The molecule has 6 rings (SSSR count). The summed E-state index contributed by atoms with van der Waals surface area (Å²) in [6, 6.07) is 15.0. The number of benzene rings is 2. The molecule has 2 atom stereocenters. The van der Waals surface area contributed by atoms with E-state index in [9.17, 15) is 9.59 Å². The second-order valence-corrected chi connectivity index (χ2v) is 9.57. The molecular formula is C25H19IN4O4. The van der Waals surface area contributed by atoms with Gasteiger partial charge in [0.05, 0.1) is 11.6 Å². The number of nitrogens with zero attached hydrogens (tertiary/aromatic N) is 2. The number of nitrogens with one attached hydrogen (secondary N) is 2. The van der Waals surface area contributed by atoms with Gasteiger partial charge in [0.1, 0.15) is 29.2 Å². The predicted octanol–water partition coefficient (Wildman–Crippen LogP) is 4.57. The molecule has 0 saturated heterocycles. The molecule has 0 radical (unpaired) electrons. The molecular weight excluding hydrogens is 547 g/mol. The van der Waals surface area contributed by atoms with E-state index < -0.39 is 0 Å². The lowest BCUT2D eigenvalue weighted by molar-refractivity contribution is -0.116. The summed E-state index contributed by atoms with van der Waals surface area (Å²) in [5.41, 5.74) is 3.60. The Morgan fingerprint density at radius 3 is 2.91 bits per heavy atom. The Bertz CT molecular complexity index is 1360. The predicted molar refractivity (Wildman–Crippen MR) is 134 cm³/mol. The first-order chi connectivity index (χ1) is 16.5. The molecule has 2 aliphatic heterocycles. The number of fused-ring (bicyclic) bond motifs is 4. The van der Waals surface area contributed by atoms with Crippen molar-refractivity contribution in [1.82, 2.24) is 10.3 Å². The lowest BCUT2D eigenvalue weighted by Gasteiger charge is -2.19. The van der Waals surface area contributed by atoms with Crippen molar-refractivity contribution < 1.29 is 19.1 Å². The van der Waals surface area contributed by atoms with Crippen molar-refractivity contribution in [3.05, 3.63) is 75.0 Å². The van der Waals surface area contributed by atoms with Crippen LogP contribution in [0.25, 0.3) is 0 Å². The molecule has 9 heteroatoms. The van der Waals surface area contributed by atoms with Crippen LogP contribution >= 0.6 is 22.6 Å². The first kappa shape index (κ1) is 21.1. The fourth-order valence-corrected chi connectivity index (χ4v) is 4.66. The molecule has 1 aromatic heterocycles. The second-order valence-electron chi connectivity index (χ2n) is 8.32. The number of halogens is 1. The van der Waals surface area contributed by atoms with E-state index >= 15 is 0 Å². The number of carbonyl (C=O) groups is 2. The number of aliphatic imine (C=N–C) groups is 1. The van der Waals surface area contributed by atoms with Gasteiger partial charge in [0.15, 0.2) is 0 Å². The topological polar surface area (TPSA) is 102 Å². The minimum atomic E-state index is -0.369. The Kier molecular flexibility index (Phi) is 5.20. The number of hydrogen-bond donors (Lipinski definition) is 2. The monoisotopic (exact) mass is 566 g/mol. The number of rotatable bonds is 4. The van der Waals surface area contributed by atoms with Crippen LogP contribution in [0.15, 0.2) is 59.7 Å². The minimum Gasteiger partial charge on any atom is -0.483 e. The average Bonchev–Trinajstić information content (AvgIpc) is 3.35. The van der Waals surface area contributed by atoms with Crippen LogP contribution in [0.3, 0.4) is 0 Å². The average molecular weight is 566 g/mol. The second kappa shape index (κ2) is 8.39. The smallest absolute Gasteiger partial charge is 0.341 e. The normalized spacial score (nSPS) is 20.5. The summed E-state index contributed by atoms with van der Waals surface area (Å²) in [6.07, 6.45) is 2.41. The summed E-state index contributed by atoms with van der Waals surface area (Å²) in [5, 5.41) is 5.62. The number of pyridine rings is 1. The summed E-state index contributed by atoms with van der Waals surface area (Å²) < 4.78 is 13.2. The summed E-state index contributed by atoms with van der Waals surface area (Å²) in [4.78, 5) is 32.5. The highest BCUT2D eigenvalue weighted by Gasteiger charge is 2.56. The molecule has 0 spiro atoms. The molecule has 1 saturated carbocycles. The number of carbonyl (C=O) groups excluding carboxylic acids is 2. The maximum atomic E-state index is 12.3. The molecule has 3 amide bonds. The van der Waals surface area contributed by atoms with Crippen LogP contribution in [0, 0.1) is 3.57 Å². The molecule has 170 valence electrons. The van der Waals surface area contributed by atoms with Gasteiger partial charge in [0, 0.05) is 33.9 Å². The maximum Gasteiger partial charge on any atom is 0.341 e. The minimum absolute atomic E-state index is 0.0340. The summed E-state index contributed by atoms with van der Waals surface area (Å²) >= 11 is 2.25. The van der Waals surface area contributed by atoms with E-state index in [1.807, 2.05) is 42.5 Å². The SMILES string of the molecule is O=C1CCc2c(Oc3ccc4c(c3)[C@H]3C(=NC(=O)NCc5ccc(I)cc5)[C@H]3O4)ccnc2N1. The van der Waals surface area contributed by atoms with Gasteiger partial charge >= 0.3 is 6.03 Å². The van der Waals surface area contributed by atoms with Gasteiger partial charge in [-0.15, -0.1) is 0 Å². The molecule has 3 aromatic rings. The van der Waals surface area contributed by atoms with Crippen LogP contribution in [-0.4, -0.2) is 28.7 Å². The lowest BCUT2D eigenvalue weighted by atomic mass is 10.1. The van der Waals surface area contributed by atoms with E-state index in [-0.39, 0.29) is 24.0 Å². The van der Waals surface area contributed by atoms with E-state index in [0.717, 1.165) is 31.7 Å². The van der Waals surface area contributed by atoms with Crippen molar-refractivity contribution in [3.63, 3.8) is 0 Å². The quantitative estimate of drug-likeness (QED) is 0.451. The Morgan fingerprint density at radius 1 is 1.21 bits per heavy atom. The van der Waals surface area contributed by atoms with Crippen molar-refractivity contribution in [2.75, 3.05) is 5.32 Å². The summed E-state index contributed by atoms with van der Waals surface area (Å²) in [7, 11) is 0. The van der Waals surface area contributed by atoms with Crippen LogP contribution < -0.4 is 20.1 Å². The van der Waals surface area contributed by atoms with E-state index in [4.69, 9.17) is 9.47 Å². The molecule has 3 aliphatic rings. The first-order valence-corrected chi connectivity index (χ1v) is 12.0. The molecule has 0 unspecified atom stereocenters. The highest BCUT2D eigenvalue weighted by molar-refractivity contribution is 14.1. The third-order valence-electron chi connectivity index (χ3n) is 6.06. The van der Waals surface area contributed by atoms with Crippen molar-refractivity contribution in [2.24, 2.45) is 4.99 Å². The Morgan fingerprint density at radius 2 is 2.06 bits per heavy atom. The van der Waals surface area contributed by atoms with Crippen molar-refractivity contribution in [2.45, 2.75) is 31.4 Å². The number of ether oxygens (including phenoxy) is 2. The molecule has 0 bridgehead atoms. The standard InChI is InChI=1S/C25H19IN4O4/c26-14-3-1-13(2-4-14)12-28-25(32)30-22-21-17-11-15(5-7-18(17)34-23(21)22)33-19-9-10-27-24-16(19)6-8-20(31)29-24/h1-5,7,9-11,21,23H,6,8,12H2,(H,28,32)(H,27,29,31)/t21-,23-/m0/s1. The highest BCUT2D eigenvalue weighted by Crippen LogP contribution is 2.52. The van der Waals surface area contributed by atoms with Crippen molar-refractivity contribution in [3.8, 4) is 17.2 Å². The summed E-state index contributed by atoms with van der Waals surface area (Å²) in [5.74, 6) is 2.58. The Balaban J connectivity index is 1.15. The molecule has 1 fully saturated rings. The fraction of sp³-hybridized carbons (Fsp3) is 0.200. The molecule has 2 aromatic carbocycles. The zero-order valence-electron chi connectivity index (χ0n) is 17.9. The maximum absolute atomic E-state index is 12.3. The molecule has 3 heterocycles. The van der Waals surface area contributed by atoms with Gasteiger partial charge in [-0.2, -0.15) is 4.99 Å². The van der Waals surface area contributed by atoms with Gasteiger partial charge in [0.25, 0.3) is 0 Å². The first-order valence-electron chi connectivity index (χ1n) is 10.9. The number of urea groups is 1. The lowest BCUT2D eigenvalue weighted by Crippen LogP contribution is -2.20. The van der Waals surface area contributed by atoms with Gasteiger partial charge in [-0.1, -0.05) is 12.1 Å². The Labute approximate surface area is 208 Å².